The first kappa shape index (κ1) is 19.5. The van der Waals surface area contributed by atoms with Crippen molar-refractivity contribution in [2.24, 2.45) is 0 Å². The Morgan fingerprint density at radius 3 is 2.44 bits per heavy atom. The lowest BCUT2D eigenvalue weighted by atomic mass is 9.99. The molecule has 1 fully saturated rings. The molecule has 0 bridgehead atoms. The molecule has 7 heteroatoms. The maximum atomic E-state index is 11.9. The maximum absolute atomic E-state index is 11.9. The number of hydrogen-bond acceptors (Lipinski definition) is 7. The van der Waals surface area contributed by atoms with Crippen molar-refractivity contribution >= 4 is 11.8 Å². The van der Waals surface area contributed by atoms with Crippen LogP contribution in [0.4, 0.5) is 0 Å². The normalized spacial score (nSPS) is 29.2. The van der Waals surface area contributed by atoms with Crippen LogP contribution in [0.5, 0.6) is 0 Å². The van der Waals surface area contributed by atoms with Crippen molar-refractivity contribution < 1.29 is 34.0 Å². The smallest absolute Gasteiger partial charge is 0.306 e. The highest BCUT2D eigenvalue weighted by atomic mass is 16.7. The first-order chi connectivity index (χ1) is 11.9. The van der Waals surface area contributed by atoms with E-state index in [1.807, 2.05) is 30.3 Å². The van der Waals surface area contributed by atoms with Gasteiger partial charge in [-0.05, 0) is 19.4 Å². The highest BCUT2D eigenvalue weighted by Crippen LogP contribution is 2.26. The Morgan fingerprint density at radius 2 is 1.80 bits per heavy atom. The third-order valence-corrected chi connectivity index (χ3v) is 4.01. The largest absolute Gasteiger partial charge is 0.454 e. The van der Waals surface area contributed by atoms with E-state index in [1.165, 1.54) is 6.92 Å². The fourth-order valence-electron chi connectivity index (χ4n) is 2.58. The highest BCUT2D eigenvalue weighted by molar-refractivity contribution is 5.81. The van der Waals surface area contributed by atoms with E-state index in [0.717, 1.165) is 5.56 Å². The van der Waals surface area contributed by atoms with Gasteiger partial charge in [0.1, 0.15) is 18.0 Å². The van der Waals surface area contributed by atoms with Gasteiger partial charge in [0.2, 0.25) is 0 Å². The first-order valence-corrected chi connectivity index (χ1v) is 8.24. The summed E-state index contributed by atoms with van der Waals surface area (Å²) in [5.41, 5.74) is 0.880. The van der Waals surface area contributed by atoms with Gasteiger partial charge in [-0.25, -0.2) is 0 Å². The van der Waals surface area contributed by atoms with Crippen LogP contribution in [-0.4, -0.2) is 52.7 Å². The van der Waals surface area contributed by atoms with Crippen LogP contribution >= 0.6 is 0 Å². The average molecular weight is 352 g/mol. The Kier molecular flexibility index (Phi) is 7.07. The van der Waals surface area contributed by atoms with Crippen LogP contribution in [0.2, 0.25) is 0 Å². The number of ether oxygens (including phenoxy) is 3. The predicted octanol–water partition coefficient (Wildman–Crippen LogP) is 0.951. The van der Waals surface area contributed by atoms with E-state index in [-0.39, 0.29) is 25.2 Å². The number of carbonyl (C=O) groups is 2. The molecule has 5 atom stereocenters. The SMILES string of the molecule is CC(=O)CCC(=O)O[C@@H]1[C@@H](OCc2ccccc2)[C@@H](O)[C@@H](C)O[C@@H]1O. The summed E-state index contributed by atoms with van der Waals surface area (Å²) < 4.78 is 16.2. The molecular formula is C18H24O7. The number of aliphatic hydroxyl groups is 2. The van der Waals surface area contributed by atoms with Crippen LogP contribution in [0.15, 0.2) is 30.3 Å². The summed E-state index contributed by atoms with van der Waals surface area (Å²) >= 11 is 0. The Hall–Kier alpha value is -1.80. The second-order valence-electron chi connectivity index (χ2n) is 6.14. The van der Waals surface area contributed by atoms with Crippen LogP contribution in [0.3, 0.4) is 0 Å². The van der Waals surface area contributed by atoms with E-state index in [4.69, 9.17) is 14.2 Å². The monoisotopic (exact) mass is 352 g/mol. The van der Waals surface area contributed by atoms with Crippen molar-refractivity contribution in [1.29, 1.82) is 0 Å². The van der Waals surface area contributed by atoms with Crippen molar-refractivity contribution in [3.8, 4) is 0 Å². The van der Waals surface area contributed by atoms with E-state index in [1.54, 1.807) is 6.92 Å². The summed E-state index contributed by atoms with van der Waals surface area (Å²) in [7, 11) is 0. The zero-order valence-electron chi connectivity index (χ0n) is 14.3. The van der Waals surface area contributed by atoms with Gasteiger partial charge in [-0.15, -0.1) is 0 Å². The van der Waals surface area contributed by atoms with Gasteiger partial charge in [0.05, 0.1) is 19.1 Å². The van der Waals surface area contributed by atoms with Gasteiger partial charge >= 0.3 is 5.97 Å². The molecule has 7 nitrogen and oxygen atoms in total. The number of benzene rings is 1. The fourth-order valence-corrected chi connectivity index (χ4v) is 2.58. The summed E-state index contributed by atoms with van der Waals surface area (Å²) in [5, 5.41) is 20.4. The van der Waals surface area contributed by atoms with Crippen molar-refractivity contribution in [2.45, 2.75) is 64.0 Å². The van der Waals surface area contributed by atoms with Gasteiger partial charge < -0.3 is 29.2 Å². The lowest BCUT2D eigenvalue weighted by Gasteiger charge is -2.41. The lowest BCUT2D eigenvalue weighted by molar-refractivity contribution is -0.292. The molecule has 1 heterocycles. The Morgan fingerprint density at radius 1 is 1.12 bits per heavy atom. The van der Waals surface area contributed by atoms with Crippen molar-refractivity contribution in [3.63, 3.8) is 0 Å². The average Bonchev–Trinajstić information content (AvgIpc) is 2.58. The minimum atomic E-state index is -1.42. The third kappa shape index (κ3) is 5.61. The van der Waals surface area contributed by atoms with E-state index in [0.29, 0.717) is 0 Å². The molecule has 0 amide bonds. The van der Waals surface area contributed by atoms with Crippen LogP contribution in [-0.2, 0) is 30.4 Å². The third-order valence-electron chi connectivity index (χ3n) is 4.01. The van der Waals surface area contributed by atoms with Gasteiger partial charge in [0.25, 0.3) is 0 Å². The second kappa shape index (κ2) is 9.05. The van der Waals surface area contributed by atoms with Crippen molar-refractivity contribution in [1.82, 2.24) is 0 Å². The van der Waals surface area contributed by atoms with Gasteiger partial charge in [0, 0.05) is 6.42 Å². The molecule has 2 N–H and O–H groups in total. The van der Waals surface area contributed by atoms with E-state index in [2.05, 4.69) is 0 Å². The fraction of sp³-hybridized carbons (Fsp3) is 0.556. The zero-order valence-corrected chi connectivity index (χ0v) is 14.3. The van der Waals surface area contributed by atoms with E-state index < -0.39 is 36.7 Å². The lowest BCUT2D eigenvalue weighted by Crippen LogP contribution is -2.59. The second-order valence-corrected chi connectivity index (χ2v) is 6.14. The minimum absolute atomic E-state index is 0.0526. The molecule has 0 saturated carbocycles. The molecule has 0 radical (unpaired) electrons. The summed E-state index contributed by atoms with van der Waals surface area (Å²) in [6.07, 6.45) is -5.33. The molecule has 1 aliphatic heterocycles. The molecule has 1 aromatic carbocycles. The molecule has 25 heavy (non-hydrogen) atoms. The predicted molar refractivity (Wildman–Crippen MR) is 87.4 cm³/mol. The molecule has 138 valence electrons. The van der Waals surface area contributed by atoms with Crippen LogP contribution in [0, 0.1) is 0 Å². The number of carbonyl (C=O) groups excluding carboxylic acids is 2. The van der Waals surface area contributed by atoms with Crippen molar-refractivity contribution in [3.05, 3.63) is 35.9 Å². The summed E-state index contributed by atoms with van der Waals surface area (Å²) in [6, 6.07) is 9.31. The Labute approximate surface area is 146 Å². The van der Waals surface area contributed by atoms with E-state index >= 15 is 0 Å². The minimum Gasteiger partial charge on any atom is -0.454 e. The summed E-state index contributed by atoms with van der Waals surface area (Å²) in [5.74, 6) is -0.791. The molecule has 1 aromatic rings. The summed E-state index contributed by atoms with van der Waals surface area (Å²) in [4.78, 5) is 22.9. The molecule has 0 unspecified atom stereocenters. The topological polar surface area (TPSA) is 102 Å². The Bertz CT molecular complexity index is 574. The molecule has 1 aliphatic rings. The Balaban J connectivity index is 2.03. The maximum Gasteiger partial charge on any atom is 0.306 e. The van der Waals surface area contributed by atoms with Crippen LogP contribution < -0.4 is 0 Å². The van der Waals surface area contributed by atoms with E-state index in [9.17, 15) is 19.8 Å². The molecule has 0 spiro atoms. The molecule has 0 aromatic heterocycles. The highest BCUT2D eigenvalue weighted by Gasteiger charge is 2.46. The van der Waals surface area contributed by atoms with Gasteiger partial charge in [-0.1, -0.05) is 30.3 Å². The first-order valence-electron chi connectivity index (χ1n) is 8.24. The molecule has 0 aliphatic carbocycles. The number of rotatable bonds is 7. The van der Waals surface area contributed by atoms with Crippen molar-refractivity contribution in [2.75, 3.05) is 0 Å². The number of ketones is 1. The van der Waals surface area contributed by atoms with Crippen LogP contribution in [0.1, 0.15) is 32.3 Å². The van der Waals surface area contributed by atoms with Gasteiger partial charge in [-0.3, -0.25) is 4.79 Å². The summed E-state index contributed by atoms with van der Waals surface area (Å²) in [6.45, 7) is 3.16. The molecule has 1 saturated heterocycles. The number of esters is 1. The number of hydrogen-bond donors (Lipinski definition) is 2. The number of Topliss-reactive ketones (excluding diaryl/α,β-unsaturated/α-hetero) is 1. The molecular weight excluding hydrogens is 328 g/mol. The number of aliphatic hydroxyl groups excluding tert-OH is 2. The van der Waals surface area contributed by atoms with Gasteiger partial charge in [-0.2, -0.15) is 0 Å². The quantitative estimate of drug-likeness (QED) is 0.704. The molecule has 2 rings (SSSR count). The van der Waals surface area contributed by atoms with Crippen LogP contribution in [0.25, 0.3) is 0 Å². The zero-order chi connectivity index (χ0) is 18.4. The van der Waals surface area contributed by atoms with Gasteiger partial charge in [0.15, 0.2) is 12.4 Å². The standard InChI is InChI=1S/C18H24O7/c1-11(19)8-9-14(20)25-17-16(15(21)12(2)24-18(17)22)23-10-13-6-4-3-5-7-13/h3-7,12,15-18,21-22H,8-10H2,1-2H3/t12-,15+,16+,17-,18+/m1/s1.